The Morgan fingerprint density at radius 1 is 0.700 bits per heavy atom. The van der Waals surface area contributed by atoms with E-state index in [2.05, 4.69) is 67.1 Å². The average molecular weight is 501 g/mol. The first-order valence-corrected chi connectivity index (χ1v) is 15.2. The number of thiophene rings is 6. The molecule has 0 aliphatic rings. The highest BCUT2D eigenvalue weighted by Crippen LogP contribution is 2.56. The fourth-order valence-corrected chi connectivity index (χ4v) is 12.4. The lowest BCUT2D eigenvalue weighted by Gasteiger charge is -2.05. The van der Waals surface area contributed by atoms with Gasteiger partial charge in [-0.2, -0.15) is 0 Å². The molecule has 0 atom stereocenters. The molecule has 0 radical (unpaired) electrons. The third-order valence-corrected chi connectivity index (χ3v) is 13.2. The minimum Gasteiger partial charge on any atom is -0.143 e. The molecule has 0 aliphatic heterocycles. The van der Waals surface area contributed by atoms with Crippen LogP contribution >= 0.6 is 68.0 Å². The molecule has 0 nitrogen and oxygen atoms in total. The Morgan fingerprint density at radius 2 is 1.27 bits per heavy atom. The lowest BCUT2D eigenvalue weighted by molar-refractivity contribution is 0.884. The van der Waals surface area contributed by atoms with Gasteiger partial charge in [-0.3, -0.25) is 0 Å². The van der Waals surface area contributed by atoms with Crippen molar-refractivity contribution in [2.75, 3.05) is 0 Å². The Labute approximate surface area is 200 Å². The van der Waals surface area contributed by atoms with Gasteiger partial charge in [0, 0.05) is 19.5 Å². The van der Waals surface area contributed by atoms with Crippen molar-refractivity contribution in [3.63, 3.8) is 0 Å². The predicted molar refractivity (Wildman–Crippen MR) is 145 cm³/mol. The molecule has 0 spiro atoms. The molecular formula is C24H20S6. The first kappa shape index (κ1) is 19.6. The lowest BCUT2D eigenvalue weighted by Crippen LogP contribution is -1.85. The predicted octanol–water partition coefficient (Wildman–Crippen LogP) is 10.9. The normalized spacial score (nSPS) is 12.4. The van der Waals surface area contributed by atoms with Gasteiger partial charge >= 0.3 is 0 Å². The van der Waals surface area contributed by atoms with Gasteiger partial charge in [-0.05, 0) is 46.4 Å². The number of hydrogen-bond donors (Lipinski definition) is 0. The van der Waals surface area contributed by atoms with Gasteiger partial charge < -0.3 is 0 Å². The maximum atomic E-state index is 2.35. The van der Waals surface area contributed by atoms with Crippen molar-refractivity contribution in [2.24, 2.45) is 0 Å². The molecule has 6 aromatic heterocycles. The van der Waals surface area contributed by atoms with Crippen LogP contribution in [0.25, 0.3) is 47.7 Å². The van der Waals surface area contributed by atoms with Crippen LogP contribution in [0.2, 0.25) is 0 Å². The van der Waals surface area contributed by atoms with Crippen molar-refractivity contribution in [1.29, 1.82) is 0 Å². The smallest absolute Gasteiger partial charge is 0.0651 e. The maximum Gasteiger partial charge on any atom is 0.0651 e. The van der Waals surface area contributed by atoms with Crippen LogP contribution in [-0.4, -0.2) is 0 Å². The summed E-state index contributed by atoms with van der Waals surface area (Å²) >= 11 is 11.9. The molecule has 0 saturated heterocycles. The first-order valence-electron chi connectivity index (χ1n) is 10.2. The Balaban J connectivity index is 1.65. The molecule has 0 saturated carbocycles. The lowest BCUT2D eigenvalue weighted by atomic mass is 10.0. The highest BCUT2D eigenvalue weighted by atomic mass is 32.1. The summed E-state index contributed by atoms with van der Waals surface area (Å²) in [6.45, 7) is 7.00. The largest absolute Gasteiger partial charge is 0.143 e. The van der Waals surface area contributed by atoms with E-state index in [4.69, 9.17) is 0 Å². The zero-order valence-electron chi connectivity index (χ0n) is 16.9. The van der Waals surface area contributed by atoms with E-state index in [1.165, 1.54) is 55.8 Å². The summed E-state index contributed by atoms with van der Waals surface area (Å²) in [5.74, 6) is 0.541. The fourth-order valence-electron chi connectivity index (χ4n) is 4.18. The van der Waals surface area contributed by atoms with Crippen molar-refractivity contribution in [2.45, 2.75) is 39.5 Å². The van der Waals surface area contributed by atoms with Crippen molar-refractivity contribution >= 4 is 96.2 Å². The molecule has 0 N–H and O–H groups in total. The van der Waals surface area contributed by atoms with E-state index in [0.717, 1.165) is 0 Å². The molecule has 0 aliphatic carbocycles. The van der Waals surface area contributed by atoms with Gasteiger partial charge in [0.05, 0.1) is 28.2 Å². The summed E-state index contributed by atoms with van der Waals surface area (Å²) < 4.78 is 9.19. The van der Waals surface area contributed by atoms with Crippen LogP contribution in [0.5, 0.6) is 0 Å². The Hall–Kier alpha value is -1.02. The van der Waals surface area contributed by atoms with Gasteiger partial charge in [0.25, 0.3) is 0 Å². The highest BCUT2D eigenvalue weighted by Gasteiger charge is 2.25. The van der Waals surface area contributed by atoms with Gasteiger partial charge in [-0.25, -0.2) is 0 Å². The third-order valence-electron chi connectivity index (χ3n) is 5.45. The second kappa shape index (κ2) is 7.54. The van der Waals surface area contributed by atoms with Crippen LogP contribution in [0.4, 0.5) is 0 Å². The molecule has 0 aromatic carbocycles. The first-order chi connectivity index (χ1) is 14.7. The summed E-state index contributed by atoms with van der Waals surface area (Å²) in [7, 11) is 0. The number of hydrogen-bond acceptors (Lipinski definition) is 6. The minimum atomic E-state index is 0.541. The van der Waals surface area contributed by atoms with E-state index in [-0.39, 0.29) is 0 Å². The van der Waals surface area contributed by atoms with E-state index >= 15 is 0 Å². The number of rotatable bonds is 5. The van der Waals surface area contributed by atoms with Gasteiger partial charge in [0.2, 0.25) is 0 Å². The zero-order valence-corrected chi connectivity index (χ0v) is 21.8. The minimum absolute atomic E-state index is 0.541. The Kier molecular flexibility index (Phi) is 4.94. The van der Waals surface area contributed by atoms with Gasteiger partial charge in [0.15, 0.2) is 0 Å². The quantitative estimate of drug-likeness (QED) is 0.221. The summed E-state index contributed by atoms with van der Waals surface area (Å²) in [5.41, 5.74) is 3.14. The molecule has 0 fully saturated rings. The van der Waals surface area contributed by atoms with Crippen LogP contribution in [0, 0.1) is 0 Å². The molecule has 0 amide bonds. The van der Waals surface area contributed by atoms with Crippen molar-refractivity contribution in [3.05, 3.63) is 46.2 Å². The molecular weight excluding hydrogens is 481 g/mol. The van der Waals surface area contributed by atoms with Gasteiger partial charge in [-0.15, -0.1) is 68.0 Å². The maximum absolute atomic E-state index is 2.35. The highest BCUT2D eigenvalue weighted by molar-refractivity contribution is 7.46. The molecule has 6 heteroatoms. The van der Waals surface area contributed by atoms with E-state index in [1.54, 1.807) is 15.8 Å². The van der Waals surface area contributed by atoms with Crippen LogP contribution < -0.4 is 0 Å². The zero-order chi connectivity index (χ0) is 20.4. The van der Waals surface area contributed by atoms with E-state index in [9.17, 15) is 0 Å². The van der Waals surface area contributed by atoms with Crippen molar-refractivity contribution < 1.29 is 0 Å². The fraction of sp³-hybridized carbons (Fsp3) is 0.250. The second-order valence-corrected chi connectivity index (χ2v) is 13.8. The summed E-state index contributed by atoms with van der Waals surface area (Å²) in [4.78, 5) is 5.86. The molecule has 6 rings (SSSR count). The van der Waals surface area contributed by atoms with Gasteiger partial charge in [0.1, 0.15) is 0 Å². The standard InChI is InChI=1S/C24H20S6/c1-4-7-13-17(14-8-5-10-25-14)27-21-18(13)28-24-22-20(30-23(21)24)16(12(2)3)19(29-22)15-9-6-11-26-15/h5-6,8-12H,4,7H2,1-3H3. The van der Waals surface area contributed by atoms with E-state index < -0.39 is 0 Å². The molecule has 6 aromatic rings. The van der Waals surface area contributed by atoms with Crippen LogP contribution in [0.1, 0.15) is 44.2 Å². The summed E-state index contributed by atoms with van der Waals surface area (Å²) in [6, 6.07) is 8.93. The summed E-state index contributed by atoms with van der Waals surface area (Å²) in [5, 5.41) is 4.41. The van der Waals surface area contributed by atoms with Crippen LogP contribution in [-0.2, 0) is 6.42 Å². The SMILES string of the molecule is CCCc1c(-c2cccs2)sc2c1sc1c3sc(-c4cccs4)c(C(C)C)c3sc21. The Morgan fingerprint density at radius 3 is 1.87 bits per heavy atom. The molecule has 0 bridgehead atoms. The van der Waals surface area contributed by atoms with Crippen molar-refractivity contribution in [1.82, 2.24) is 0 Å². The topological polar surface area (TPSA) is 0 Å². The van der Waals surface area contributed by atoms with Gasteiger partial charge in [-0.1, -0.05) is 39.3 Å². The average Bonchev–Trinajstić information content (AvgIpc) is 3.52. The molecule has 6 heterocycles. The van der Waals surface area contributed by atoms with E-state index in [0.29, 0.717) is 5.92 Å². The van der Waals surface area contributed by atoms with Crippen molar-refractivity contribution in [3.8, 4) is 19.5 Å². The molecule has 152 valence electrons. The monoisotopic (exact) mass is 500 g/mol. The Bertz CT molecular complexity index is 1460. The molecule has 30 heavy (non-hydrogen) atoms. The number of aryl methyl sites for hydroxylation is 1. The van der Waals surface area contributed by atoms with E-state index in [1.807, 2.05) is 56.7 Å². The summed E-state index contributed by atoms with van der Waals surface area (Å²) in [6.07, 6.45) is 2.37. The van der Waals surface area contributed by atoms with Crippen LogP contribution in [0.3, 0.4) is 0 Å². The number of fused-ring (bicyclic) bond motifs is 5. The van der Waals surface area contributed by atoms with Crippen LogP contribution in [0.15, 0.2) is 35.0 Å². The third kappa shape index (κ3) is 2.85. The second-order valence-electron chi connectivity index (χ2n) is 7.79. The molecule has 0 unspecified atom stereocenters.